The van der Waals surface area contributed by atoms with Crippen molar-refractivity contribution < 1.29 is 13.2 Å². The van der Waals surface area contributed by atoms with Gasteiger partial charge in [-0.15, -0.1) is 11.6 Å². The van der Waals surface area contributed by atoms with Crippen LogP contribution >= 0.6 is 11.6 Å². The van der Waals surface area contributed by atoms with Gasteiger partial charge in [0.05, 0.1) is 0 Å². The van der Waals surface area contributed by atoms with Crippen LogP contribution in [0, 0.1) is 17.5 Å². The molecule has 0 aliphatic rings. The van der Waals surface area contributed by atoms with Gasteiger partial charge < -0.3 is 0 Å². The van der Waals surface area contributed by atoms with Gasteiger partial charge >= 0.3 is 0 Å². The van der Waals surface area contributed by atoms with Crippen LogP contribution in [-0.2, 0) is 5.88 Å². The Labute approximate surface area is 102 Å². The highest BCUT2D eigenvalue weighted by atomic mass is 35.5. The largest absolute Gasteiger partial charge is 0.206 e. The van der Waals surface area contributed by atoms with Crippen molar-refractivity contribution in [3.63, 3.8) is 0 Å². The summed E-state index contributed by atoms with van der Waals surface area (Å²) in [5, 5.41) is 0. The van der Waals surface area contributed by atoms with Gasteiger partial charge in [0.15, 0.2) is 11.6 Å². The molecule has 0 bridgehead atoms. The first kappa shape index (κ1) is 12.0. The molecule has 2 rings (SSSR count). The summed E-state index contributed by atoms with van der Waals surface area (Å²) in [5.41, 5.74) is 0.557. The van der Waals surface area contributed by atoms with Gasteiger partial charge in [0.25, 0.3) is 0 Å². The number of hydrogen-bond donors (Lipinski definition) is 0. The van der Waals surface area contributed by atoms with Gasteiger partial charge in [0.1, 0.15) is 5.82 Å². The normalized spacial score (nSPS) is 10.6. The lowest BCUT2D eigenvalue weighted by Crippen LogP contribution is -1.93. The molecule has 17 heavy (non-hydrogen) atoms. The molecule has 0 radical (unpaired) electrons. The molecule has 0 fully saturated rings. The van der Waals surface area contributed by atoms with Crippen LogP contribution in [0.5, 0.6) is 0 Å². The van der Waals surface area contributed by atoms with Gasteiger partial charge in [-0.25, -0.2) is 13.2 Å². The fourth-order valence-electron chi connectivity index (χ4n) is 1.57. The first-order valence-electron chi connectivity index (χ1n) is 4.92. The molecule has 0 atom stereocenters. The van der Waals surface area contributed by atoms with E-state index in [-0.39, 0.29) is 17.0 Å². The first-order chi connectivity index (χ1) is 8.13. The van der Waals surface area contributed by atoms with Gasteiger partial charge in [-0.3, -0.25) is 0 Å². The number of halogens is 4. The maximum Gasteiger partial charge on any atom is 0.166 e. The van der Waals surface area contributed by atoms with E-state index in [1.165, 1.54) is 30.3 Å². The molecule has 0 amide bonds. The van der Waals surface area contributed by atoms with E-state index in [2.05, 4.69) is 0 Å². The zero-order chi connectivity index (χ0) is 12.4. The summed E-state index contributed by atoms with van der Waals surface area (Å²) in [5.74, 6) is -2.48. The third kappa shape index (κ3) is 2.29. The summed E-state index contributed by atoms with van der Waals surface area (Å²) in [6.45, 7) is 0. The average molecular weight is 257 g/mol. The molecule has 0 aliphatic carbocycles. The van der Waals surface area contributed by atoms with Crippen molar-refractivity contribution in [2.75, 3.05) is 0 Å². The second kappa shape index (κ2) is 4.80. The molecule has 4 heteroatoms. The van der Waals surface area contributed by atoms with Crippen molar-refractivity contribution in [2.45, 2.75) is 5.88 Å². The zero-order valence-corrected chi connectivity index (χ0v) is 9.44. The van der Waals surface area contributed by atoms with Crippen LogP contribution in [0.3, 0.4) is 0 Å². The van der Waals surface area contributed by atoms with Crippen LogP contribution in [0.4, 0.5) is 13.2 Å². The van der Waals surface area contributed by atoms with E-state index in [4.69, 9.17) is 11.6 Å². The highest BCUT2D eigenvalue weighted by Gasteiger charge is 2.13. The fraction of sp³-hybridized carbons (Fsp3) is 0.0769. The van der Waals surface area contributed by atoms with Crippen LogP contribution < -0.4 is 0 Å². The second-order valence-electron chi connectivity index (χ2n) is 3.55. The minimum Gasteiger partial charge on any atom is -0.206 e. The Bertz CT molecular complexity index is 552. The molecule has 2 aromatic rings. The van der Waals surface area contributed by atoms with E-state index >= 15 is 0 Å². The lowest BCUT2D eigenvalue weighted by molar-refractivity contribution is 0.510. The standard InChI is InChI=1S/C13H8ClF3/c14-7-8-4-5-11(15)10(6-8)9-2-1-3-12(16)13(9)17/h1-6H,7H2. The monoisotopic (exact) mass is 256 g/mol. The Morgan fingerprint density at radius 3 is 2.35 bits per heavy atom. The van der Waals surface area contributed by atoms with Crippen molar-refractivity contribution >= 4 is 11.6 Å². The number of benzene rings is 2. The average Bonchev–Trinajstić information content (AvgIpc) is 2.34. The molecule has 2 aromatic carbocycles. The van der Waals surface area contributed by atoms with E-state index in [1.807, 2.05) is 0 Å². The molecule has 0 saturated heterocycles. The van der Waals surface area contributed by atoms with E-state index in [0.29, 0.717) is 5.56 Å². The summed E-state index contributed by atoms with van der Waals surface area (Å²) in [7, 11) is 0. The lowest BCUT2D eigenvalue weighted by atomic mass is 10.0. The summed E-state index contributed by atoms with van der Waals surface area (Å²) >= 11 is 5.62. The molecule has 88 valence electrons. The Kier molecular flexibility index (Phi) is 3.38. The summed E-state index contributed by atoms with van der Waals surface area (Å²) in [6.07, 6.45) is 0. The van der Waals surface area contributed by atoms with Crippen LogP contribution in [0.2, 0.25) is 0 Å². The molecular weight excluding hydrogens is 249 g/mol. The van der Waals surface area contributed by atoms with E-state index in [0.717, 1.165) is 6.07 Å². The number of rotatable bonds is 2. The highest BCUT2D eigenvalue weighted by molar-refractivity contribution is 6.17. The second-order valence-corrected chi connectivity index (χ2v) is 3.82. The number of alkyl halides is 1. The van der Waals surface area contributed by atoms with Crippen molar-refractivity contribution in [3.8, 4) is 11.1 Å². The van der Waals surface area contributed by atoms with Crippen LogP contribution in [0.25, 0.3) is 11.1 Å². The quantitative estimate of drug-likeness (QED) is 0.694. The van der Waals surface area contributed by atoms with E-state index < -0.39 is 17.5 Å². The molecule has 0 N–H and O–H groups in total. The molecule has 0 unspecified atom stereocenters. The Morgan fingerprint density at radius 1 is 0.882 bits per heavy atom. The molecular formula is C13H8ClF3. The zero-order valence-electron chi connectivity index (χ0n) is 8.68. The Balaban J connectivity index is 2.63. The van der Waals surface area contributed by atoms with Gasteiger partial charge in [0.2, 0.25) is 0 Å². The van der Waals surface area contributed by atoms with Gasteiger partial charge in [-0.2, -0.15) is 0 Å². The summed E-state index contributed by atoms with van der Waals surface area (Å²) in [4.78, 5) is 0. The van der Waals surface area contributed by atoms with Crippen molar-refractivity contribution in [2.24, 2.45) is 0 Å². The molecule has 0 heterocycles. The summed E-state index contributed by atoms with van der Waals surface area (Å²) < 4.78 is 40.2. The SMILES string of the molecule is Fc1ccc(CCl)cc1-c1cccc(F)c1F. The van der Waals surface area contributed by atoms with Gasteiger partial charge in [-0.1, -0.05) is 18.2 Å². The Morgan fingerprint density at radius 2 is 1.65 bits per heavy atom. The molecule has 0 nitrogen and oxygen atoms in total. The third-order valence-electron chi connectivity index (χ3n) is 2.43. The smallest absolute Gasteiger partial charge is 0.166 e. The van der Waals surface area contributed by atoms with Crippen LogP contribution in [0.15, 0.2) is 36.4 Å². The van der Waals surface area contributed by atoms with E-state index in [1.54, 1.807) is 0 Å². The predicted molar refractivity (Wildman–Crippen MR) is 61.3 cm³/mol. The molecule has 0 saturated carbocycles. The third-order valence-corrected chi connectivity index (χ3v) is 2.74. The molecule has 0 aromatic heterocycles. The van der Waals surface area contributed by atoms with Crippen molar-refractivity contribution in [3.05, 3.63) is 59.4 Å². The first-order valence-corrected chi connectivity index (χ1v) is 5.45. The van der Waals surface area contributed by atoms with Gasteiger partial charge in [0, 0.05) is 17.0 Å². The summed E-state index contributed by atoms with van der Waals surface area (Å²) in [6, 6.07) is 7.76. The fourth-order valence-corrected chi connectivity index (χ4v) is 1.74. The van der Waals surface area contributed by atoms with Crippen molar-refractivity contribution in [1.29, 1.82) is 0 Å². The lowest BCUT2D eigenvalue weighted by Gasteiger charge is -2.07. The van der Waals surface area contributed by atoms with Crippen LogP contribution in [0.1, 0.15) is 5.56 Å². The van der Waals surface area contributed by atoms with E-state index in [9.17, 15) is 13.2 Å². The molecule has 0 spiro atoms. The van der Waals surface area contributed by atoms with Crippen LogP contribution in [-0.4, -0.2) is 0 Å². The topological polar surface area (TPSA) is 0 Å². The Hall–Kier alpha value is -1.48. The minimum atomic E-state index is -1.06. The van der Waals surface area contributed by atoms with Gasteiger partial charge in [-0.05, 0) is 23.8 Å². The maximum absolute atomic E-state index is 13.6. The number of hydrogen-bond acceptors (Lipinski definition) is 0. The molecule has 0 aliphatic heterocycles. The predicted octanol–water partition coefficient (Wildman–Crippen LogP) is 4.51. The van der Waals surface area contributed by atoms with Crippen molar-refractivity contribution in [1.82, 2.24) is 0 Å². The minimum absolute atomic E-state index is 0.0140. The highest BCUT2D eigenvalue weighted by Crippen LogP contribution is 2.28. The maximum atomic E-state index is 13.6.